The number of amides is 1. The van der Waals surface area contributed by atoms with Crippen LogP contribution in [0.2, 0.25) is 0 Å². The molecule has 1 aliphatic rings. The number of hydrogen-bond donors (Lipinski definition) is 0. The van der Waals surface area contributed by atoms with Crippen LogP contribution in [0.4, 0.5) is 0 Å². The average Bonchev–Trinajstić information content (AvgIpc) is 2.58. The van der Waals surface area contributed by atoms with Crippen molar-refractivity contribution in [3.8, 4) is 0 Å². The van der Waals surface area contributed by atoms with E-state index in [-0.39, 0.29) is 22.6 Å². The second-order valence-corrected chi connectivity index (χ2v) is 5.55. The largest absolute Gasteiger partial charge is 0.351 e. The fourth-order valence-corrected chi connectivity index (χ4v) is 2.88. The minimum Gasteiger partial charge on any atom is -0.351 e. The van der Waals surface area contributed by atoms with Crippen molar-refractivity contribution in [2.24, 2.45) is 0 Å². The van der Waals surface area contributed by atoms with Crippen molar-refractivity contribution in [3.05, 3.63) is 0 Å². The highest BCUT2D eigenvalue weighted by Gasteiger charge is 2.32. The maximum absolute atomic E-state index is 11.8. The summed E-state index contributed by atoms with van der Waals surface area (Å²) in [5.41, 5.74) is 0. The molecule has 1 saturated heterocycles. The van der Waals surface area contributed by atoms with Crippen molar-refractivity contribution < 1.29 is 19.1 Å². The predicted molar refractivity (Wildman–Crippen MR) is 70.3 cm³/mol. The van der Waals surface area contributed by atoms with E-state index in [4.69, 9.17) is 9.47 Å². The molecule has 18 heavy (non-hydrogen) atoms. The van der Waals surface area contributed by atoms with Gasteiger partial charge in [0.25, 0.3) is 0 Å². The Labute approximate surface area is 112 Å². The first-order valence-electron chi connectivity index (χ1n) is 6.25. The van der Waals surface area contributed by atoms with Gasteiger partial charge in [0.05, 0.1) is 6.54 Å². The molecule has 0 aromatic carbocycles. The van der Waals surface area contributed by atoms with E-state index in [1.165, 1.54) is 18.7 Å². The highest BCUT2D eigenvalue weighted by molar-refractivity contribution is 8.14. The molecule has 1 atom stereocenters. The van der Waals surface area contributed by atoms with Gasteiger partial charge < -0.3 is 14.4 Å². The van der Waals surface area contributed by atoms with Gasteiger partial charge in [0, 0.05) is 38.4 Å². The molecule has 1 heterocycles. The summed E-state index contributed by atoms with van der Waals surface area (Å²) < 4.78 is 10.8. The van der Waals surface area contributed by atoms with Gasteiger partial charge in [-0.25, -0.2) is 0 Å². The molecule has 6 heteroatoms. The normalized spacial score (nSPS) is 19.9. The molecule has 0 aliphatic carbocycles. The molecule has 104 valence electrons. The number of thioether (sulfide) groups is 1. The molecule has 1 aliphatic heterocycles. The van der Waals surface area contributed by atoms with Crippen LogP contribution >= 0.6 is 11.8 Å². The van der Waals surface area contributed by atoms with Gasteiger partial charge in [-0.05, 0) is 13.8 Å². The van der Waals surface area contributed by atoms with Crippen LogP contribution in [0.25, 0.3) is 0 Å². The third-order valence-corrected chi connectivity index (χ3v) is 3.57. The first kappa shape index (κ1) is 15.5. The highest BCUT2D eigenvalue weighted by atomic mass is 32.2. The first-order chi connectivity index (χ1) is 8.56. The Bertz CT molecular complexity index is 292. The maximum atomic E-state index is 11.8. The lowest BCUT2D eigenvalue weighted by molar-refractivity contribution is -0.155. The molecular weight excluding hydrogens is 254 g/mol. The van der Waals surface area contributed by atoms with Crippen LogP contribution < -0.4 is 0 Å². The Morgan fingerprint density at radius 3 is 2.56 bits per heavy atom. The zero-order valence-corrected chi connectivity index (χ0v) is 12.0. The Morgan fingerprint density at radius 1 is 1.44 bits per heavy atom. The zero-order valence-electron chi connectivity index (χ0n) is 11.2. The summed E-state index contributed by atoms with van der Waals surface area (Å²) in [7, 11) is 0. The lowest BCUT2D eigenvalue weighted by Crippen LogP contribution is -2.37. The number of likely N-dealkylation sites (tertiary alicyclic amines) is 1. The van der Waals surface area contributed by atoms with E-state index in [2.05, 4.69) is 0 Å². The smallest absolute Gasteiger partial charge is 0.223 e. The van der Waals surface area contributed by atoms with Gasteiger partial charge in [0.2, 0.25) is 5.91 Å². The van der Waals surface area contributed by atoms with Crippen molar-refractivity contribution in [3.63, 3.8) is 0 Å². The van der Waals surface area contributed by atoms with E-state index in [0.717, 1.165) is 0 Å². The first-order valence-corrected chi connectivity index (χ1v) is 7.13. The van der Waals surface area contributed by atoms with Gasteiger partial charge in [-0.1, -0.05) is 11.8 Å². The number of carbonyl (C=O) groups excluding carboxylic acids is 2. The molecule has 1 fully saturated rings. The molecule has 0 spiro atoms. The van der Waals surface area contributed by atoms with E-state index in [1.54, 1.807) is 4.90 Å². The van der Waals surface area contributed by atoms with Gasteiger partial charge in [-0.2, -0.15) is 0 Å². The minimum atomic E-state index is -0.370. The number of nitrogens with zero attached hydrogens (tertiary/aromatic N) is 1. The summed E-state index contributed by atoms with van der Waals surface area (Å²) in [6, 6.07) is 0. The predicted octanol–water partition coefficient (Wildman–Crippen LogP) is 1.27. The van der Waals surface area contributed by atoms with Crippen molar-refractivity contribution in [2.45, 2.75) is 38.7 Å². The number of rotatable bonds is 7. The van der Waals surface area contributed by atoms with Crippen molar-refractivity contribution >= 4 is 22.8 Å². The summed E-state index contributed by atoms with van der Waals surface area (Å²) in [4.78, 5) is 24.5. The molecule has 0 bridgehead atoms. The molecule has 0 aromatic rings. The number of hydrogen-bond acceptors (Lipinski definition) is 5. The van der Waals surface area contributed by atoms with Crippen molar-refractivity contribution in [1.29, 1.82) is 0 Å². The van der Waals surface area contributed by atoms with E-state index < -0.39 is 0 Å². The van der Waals surface area contributed by atoms with Gasteiger partial charge >= 0.3 is 0 Å². The topological polar surface area (TPSA) is 55.8 Å². The van der Waals surface area contributed by atoms with Gasteiger partial charge in [-0.3, -0.25) is 9.59 Å². The summed E-state index contributed by atoms with van der Waals surface area (Å²) in [6.07, 6.45) is 0.0555. The van der Waals surface area contributed by atoms with Crippen LogP contribution in [0.1, 0.15) is 27.2 Å². The van der Waals surface area contributed by atoms with Crippen LogP contribution in [-0.4, -0.2) is 53.8 Å². The fourth-order valence-electron chi connectivity index (χ4n) is 1.93. The monoisotopic (exact) mass is 275 g/mol. The fraction of sp³-hybridized carbons (Fsp3) is 0.833. The molecule has 1 rings (SSSR count). The second-order valence-electron chi connectivity index (χ2n) is 4.07. The summed E-state index contributed by atoms with van der Waals surface area (Å²) in [5.74, 6) is 0.0677. The number of ether oxygens (including phenoxy) is 2. The molecular formula is C12H21NO4S. The van der Waals surface area contributed by atoms with E-state index in [9.17, 15) is 9.59 Å². The molecule has 5 nitrogen and oxygen atoms in total. The van der Waals surface area contributed by atoms with Crippen LogP contribution in [0.15, 0.2) is 0 Å². The summed E-state index contributed by atoms with van der Waals surface area (Å²) >= 11 is 1.24. The maximum Gasteiger partial charge on any atom is 0.223 e. The van der Waals surface area contributed by atoms with E-state index >= 15 is 0 Å². The van der Waals surface area contributed by atoms with Gasteiger partial charge in [-0.15, -0.1) is 0 Å². The van der Waals surface area contributed by atoms with E-state index in [1.807, 2.05) is 13.8 Å². The average molecular weight is 275 g/mol. The Balaban J connectivity index is 2.45. The van der Waals surface area contributed by atoms with Crippen LogP contribution in [0.3, 0.4) is 0 Å². The summed E-state index contributed by atoms with van der Waals surface area (Å²) in [6.45, 7) is 7.46. The Hall–Kier alpha value is -0.590. The zero-order chi connectivity index (χ0) is 13.5. The molecule has 0 aromatic heterocycles. The molecule has 1 amide bonds. The molecule has 0 radical (unpaired) electrons. The molecule has 0 N–H and O–H groups in total. The quantitative estimate of drug-likeness (QED) is 0.655. The standard InChI is InChI=1S/C12H21NO4S/c1-4-16-12(17-5-2)8-13-7-10(6-11(13)15)18-9(3)14/h10,12H,4-8H2,1-3H3. The van der Waals surface area contributed by atoms with Crippen LogP contribution in [0, 0.1) is 0 Å². The number of carbonyl (C=O) groups is 2. The molecule has 0 saturated carbocycles. The van der Waals surface area contributed by atoms with Crippen molar-refractivity contribution in [1.82, 2.24) is 4.90 Å². The lowest BCUT2D eigenvalue weighted by Gasteiger charge is -2.23. The highest BCUT2D eigenvalue weighted by Crippen LogP contribution is 2.24. The lowest BCUT2D eigenvalue weighted by atomic mass is 10.4. The van der Waals surface area contributed by atoms with Gasteiger partial charge in [0.1, 0.15) is 0 Å². The minimum absolute atomic E-state index is 0.0563. The third kappa shape index (κ3) is 4.96. The second kappa shape index (κ2) is 7.76. The SMILES string of the molecule is CCOC(CN1CC(SC(C)=O)CC1=O)OCC. The Morgan fingerprint density at radius 2 is 2.06 bits per heavy atom. The van der Waals surface area contributed by atoms with Crippen LogP contribution in [0.5, 0.6) is 0 Å². The van der Waals surface area contributed by atoms with E-state index in [0.29, 0.717) is 32.7 Å². The summed E-state index contributed by atoms with van der Waals surface area (Å²) in [5, 5.41) is 0.125. The third-order valence-electron chi connectivity index (χ3n) is 2.59. The van der Waals surface area contributed by atoms with Gasteiger partial charge in [0.15, 0.2) is 11.4 Å². The van der Waals surface area contributed by atoms with Crippen molar-refractivity contribution in [2.75, 3.05) is 26.3 Å². The molecule has 1 unspecified atom stereocenters. The van der Waals surface area contributed by atoms with Crippen LogP contribution in [-0.2, 0) is 19.1 Å². The Kier molecular flexibility index (Phi) is 6.67.